The summed E-state index contributed by atoms with van der Waals surface area (Å²) in [6, 6.07) is 8.19. The van der Waals surface area contributed by atoms with Gasteiger partial charge in [-0.2, -0.15) is 0 Å². The zero-order valence-electron chi connectivity index (χ0n) is 14.1. The van der Waals surface area contributed by atoms with Gasteiger partial charge in [-0.3, -0.25) is 0 Å². The highest BCUT2D eigenvalue weighted by Crippen LogP contribution is 2.42. The Morgan fingerprint density at radius 3 is 1.14 bits per heavy atom. The van der Waals surface area contributed by atoms with Crippen molar-refractivity contribution in [3.05, 3.63) is 42.2 Å². The molecule has 0 aliphatic heterocycles. The fourth-order valence-electron chi connectivity index (χ4n) is 2.17. The fraction of sp³-hybridized carbons (Fsp3) is 0.333. The average molecular weight is 902 g/mol. The Morgan fingerprint density at radius 2 is 0.893 bits per heavy atom. The quantitative estimate of drug-likeness (QED) is 0.234. The molecule has 2 atom stereocenters. The lowest BCUT2D eigenvalue weighted by Gasteiger charge is -2.16. The molecule has 0 bridgehead atoms. The standard InChI is InChI=1S/C18H14Br8O2/c19-5-11(21)7-27-17-13(23)1-9(2-14(17)24)10-3-15(25)18(16(26)4-10)28-8-12(22)6-20/h1-4,11-12H,5-8H2. The fourth-order valence-corrected chi connectivity index (χ4v) is 5.63. The zero-order chi connectivity index (χ0) is 20.8. The number of benzene rings is 2. The highest BCUT2D eigenvalue weighted by Gasteiger charge is 2.16. The van der Waals surface area contributed by atoms with Crippen LogP contribution in [-0.2, 0) is 0 Å². The molecule has 154 valence electrons. The summed E-state index contributed by atoms with van der Waals surface area (Å²) in [6.07, 6.45) is 0. The predicted octanol–water partition coefficient (Wildman–Crippen LogP) is 9.48. The minimum absolute atomic E-state index is 0.245. The van der Waals surface area contributed by atoms with Crippen molar-refractivity contribution >= 4 is 127 Å². The minimum atomic E-state index is 0.245. The molecule has 0 saturated carbocycles. The molecule has 0 heterocycles. The van der Waals surface area contributed by atoms with Crippen molar-refractivity contribution in [2.75, 3.05) is 23.9 Å². The number of halogens is 8. The summed E-state index contributed by atoms with van der Waals surface area (Å²) in [4.78, 5) is 0.489. The van der Waals surface area contributed by atoms with Crippen LogP contribution >= 0.6 is 127 Å². The van der Waals surface area contributed by atoms with E-state index in [2.05, 4.69) is 127 Å². The summed E-state index contributed by atoms with van der Waals surface area (Å²) in [6.45, 7) is 1.13. The smallest absolute Gasteiger partial charge is 0.147 e. The van der Waals surface area contributed by atoms with Crippen LogP contribution in [0.25, 0.3) is 11.1 Å². The first-order valence-corrected chi connectivity index (χ1v) is 15.2. The number of alkyl halides is 4. The number of hydrogen-bond donors (Lipinski definition) is 0. The van der Waals surface area contributed by atoms with E-state index < -0.39 is 0 Å². The molecule has 0 aliphatic carbocycles. The molecule has 0 spiro atoms. The van der Waals surface area contributed by atoms with Gasteiger partial charge in [0, 0.05) is 10.7 Å². The maximum absolute atomic E-state index is 5.93. The summed E-state index contributed by atoms with van der Waals surface area (Å²) in [5.41, 5.74) is 2.10. The van der Waals surface area contributed by atoms with E-state index in [-0.39, 0.29) is 9.65 Å². The van der Waals surface area contributed by atoms with E-state index in [1.54, 1.807) is 0 Å². The van der Waals surface area contributed by atoms with E-state index in [0.717, 1.165) is 51.2 Å². The Labute approximate surface area is 232 Å². The maximum Gasteiger partial charge on any atom is 0.147 e. The number of hydrogen-bond acceptors (Lipinski definition) is 2. The van der Waals surface area contributed by atoms with Gasteiger partial charge in [0.25, 0.3) is 0 Å². The number of ether oxygens (including phenoxy) is 2. The van der Waals surface area contributed by atoms with Crippen LogP contribution in [0.3, 0.4) is 0 Å². The van der Waals surface area contributed by atoms with Crippen molar-refractivity contribution in [2.45, 2.75) is 9.65 Å². The third kappa shape index (κ3) is 7.48. The Balaban J connectivity index is 2.27. The molecule has 2 aromatic rings. The molecule has 28 heavy (non-hydrogen) atoms. The van der Waals surface area contributed by atoms with Gasteiger partial charge in [-0.15, -0.1) is 0 Å². The van der Waals surface area contributed by atoms with Crippen molar-refractivity contribution in [1.29, 1.82) is 0 Å². The van der Waals surface area contributed by atoms with Gasteiger partial charge in [0.15, 0.2) is 0 Å². The van der Waals surface area contributed by atoms with Crippen LogP contribution in [0.1, 0.15) is 0 Å². The van der Waals surface area contributed by atoms with Gasteiger partial charge >= 0.3 is 0 Å². The Hall–Kier alpha value is 1.88. The van der Waals surface area contributed by atoms with Gasteiger partial charge in [0.05, 0.1) is 27.5 Å². The van der Waals surface area contributed by atoms with Gasteiger partial charge < -0.3 is 9.47 Å². The van der Waals surface area contributed by atoms with E-state index in [1.165, 1.54) is 0 Å². The van der Waals surface area contributed by atoms with Crippen LogP contribution in [-0.4, -0.2) is 33.5 Å². The summed E-state index contributed by atoms with van der Waals surface area (Å²) < 4.78 is 15.4. The van der Waals surface area contributed by atoms with Gasteiger partial charge in [-0.05, 0) is 99.1 Å². The third-order valence-electron chi connectivity index (χ3n) is 3.48. The van der Waals surface area contributed by atoms with E-state index in [0.29, 0.717) is 13.2 Å². The minimum Gasteiger partial charge on any atom is -0.490 e. The number of rotatable bonds is 9. The van der Waals surface area contributed by atoms with Crippen LogP contribution in [0.5, 0.6) is 11.5 Å². The first kappa shape index (κ1) is 26.1. The third-order valence-corrected chi connectivity index (χ3v) is 10.3. The molecule has 0 saturated heterocycles. The summed E-state index contributed by atoms with van der Waals surface area (Å²) in [5, 5.41) is 1.64. The molecule has 0 N–H and O–H groups in total. The van der Waals surface area contributed by atoms with Crippen LogP contribution in [0.4, 0.5) is 0 Å². The van der Waals surface area contributed by atoms with Crippen molar-refractivity contribution in [3.8, 4) is 22.6 Å². The molecule has 2 rings (SSSR count). The van der Waals surface area contributed by atoms with E-state index in [1.807, 2.05) is 24.3 Å². The highest BCUT2D eigenvalue weighted by molar-refractivity contribution is 9.12. The molecule has 0 amide bonds. The van der Waals surface area contributed by atoms with Gasteiger partial charge in [0.2, 0.25) is 0 Å². The van der Waals surface area contributed by atoms with Crippen LogP contribution in [0, 0.1) is 0 Å². The monoisotopic (exact) mass is 893 g/mol. The molecule has 10 heteroatoms. The molecule has 0 radical (unpaired) electrons. The zero-order valence-corrected chi connectivity index (χ0v) is 26.8. The van der Waals surface area contributed by atoms with E-state index in [4.69, 9.17) is 9.47 Å². The Morgan fingerprint density at radius 1 is 0.607 bits per heavy atom. The summed E-state index contributed by atoms with van der Waals surface area (Å²) >= 11 is 28.5. The van der Waals surface area contributed by atoms with Gasteiger partial charge in [-0.25, -0.2) is 0 Å². The summed E-state index contributed by atoms with van der Waals surface area (Å²) in [7, 11) is 0. The average Bonchev–Trinajstić information content (AvgIpc) is 2.65. The van der Waals surface area contributed by atoms with Crippen LogP contribution in [0.15, 0.2) is 42.2 Å². The first-order valence-electron chi connectivity index (χ1n) is 7.90. The van der Waals surface area contributed by atoms with Crippen molar-refractivity contribution in [3.63, 3.8) is 0 Å². The normalized spacial score (nSPS) is 13.3. The largest absolute Gasteiger partial charge is 0.490 e. The van der Waals surface area contributed by atoms with Crippen molar-refractivity contribution in [1.82, 2.24) is 0 Å². The molecule has 0 aromatic heterocycles. The topological polar surface area (TPSA) is 18.5 Å². The molecule has 2 unspecified atom stereocenters. The molecule has 2 nitrogen and oxygen atoms in total. The second-order valence-electron chi connectivity index (χ2n) is 5.66. The second kappa shape index (κ2) is 12.8. The second-order valence-corrected chi connectivity index (χ2v) is 13.0. The Bertz CT molecular complexity index is 701. The van der Waals surface area contributed by atoms with Gasteiger partial charge in [0.1, 0.15) is 24.7 Å². The van der Waals surface area contributed by atoms with Crippen molar-refractivity contribution < 1.29 is 9.47 Å². The van der Waals surface area contributed by atoms with Crippen LogP contribution in [0.2, 0.25) is 0 Å². The van der Waals surface area contributed by atoms with Crippen LogP contribution < -0.4 is 9.47 Å². The molecule has 2 aromatic carbocycles. The van der Waals surface area contributed by atoms with Crippen molar-refractivity contribution in [2.24, 2.45) is 0 Å². The maximum atomic E-state index is 5.93. The van der Waals surface area contributed by atoms with E-state index in [9.17, 15) is 0 Å². The lowest BCUT2D eigenvalue weighted by atomic mass is 10.1. The molecule has 0 fully saturated rings. The van der Waals surface area contributed by atoms with Gasteiger partial charge in [-0.1, -0.05) is 63.7 Å². The molecular weight excluding hydrogens is 887 g/mol. The summed E-state index contributed by atoms with van der Waals surface area (Å²) in [5.74, 6) is 1.57. The SMILES string of the molecule is BrCC(Br)COc1c(Br)cc(-c2cc(Br)c(OCC(Br)CBr)c(Br)c2)cc1Br. The molecular formula is C18H14Br8O2. The lowest BCUT2D eigenvalue weighted by molar-refractivity contribution is 0.321. The first-order chi connectivity index (χ1) is 13.3. The van der Waals surface area contributed by atoms with E-state index >= 15 is 0 Å². The predicted molar refractivity (Wildman–Crippen MR) is 147 cm³/mol. The Kier molecular flexibility index (Phi) is 11.9. The highest BCUT2D eigenvalue weighted by atomic mass is 79.9. The molecule has 0 aliphatic rings. The lowest BCUT2D eigenvalue weighted by Crippen LogP contribution is -2.13.